The topological polar surface area (TPSA) is 46.2 Å². The minimum absolute atomic E-state index is 0.0739. The molecule has 0 unspecified atom stereocenters. The van der Waals surface area contributed by atoms with E-state index in [1.165, 1.54) is 0 Å². The predicted octanol–water partition coefficient (Wildman–Crippen LogP) is 3.83. The lowest BCUT2D eigenvalue weighted by Crippen LogP contribution is -2.14. The van der Waals surface area contributed by atoms with E-state index in [0.717, 1.165) is 28.3 Å². The number of carbonyl (C=O) groups excluding carboxylic acids is 2. The van der Waals surface area contributed by atoms with E-state index in [2.05, 4.69) is 5.32 Å². The van der Waals surface area contributed by atoms with Crippen LogP contribution in [0.5, 0.6) is 0 Å². The summed E-state index contributed by atoms with van der Waals surface area (Å²) >= 11 is 0. The molecule has 3 heteroatoms. The van der Waals surface area contributed by atoms with Crippen molar-refractivity contribution in [2.24, 2.45) is 0 Å². The number of carbonyl (C=O) groups is 2. The molecule has 0 saturated carbocycles. The van der Waals surface area contributed by atoms with Gasteiger partial charge in [0.2, 0.25) is 5.91 Å². The molecule has 0 atom stereocenters. The van der Waals surface area contributed by atoms with E-state index in [9.17, 15) is 9.59 Å². The van der Waals surface area contributed by atoms with Crippen molar-refractivity contribution in [3.05, 3.63) is 77.9 Å². The molecule has 0 aliphatic heterocycles. The summed E-state index contributed by atoms with van der Waals surface area (Å²) in [5.74, 6) is -0.0739. The van der Waals surface area contributed by atoms with Crippen LogP contribution in [0.3, 0.4) is 0 Å². The van der Waals surface area contributed by atoms with Gasteiger partial charge in [-0.3, -0.25) is 9.59 Å². The number of amides is 1. The first-order chi connectivity index (χ1) is 10.8. The van der Waals surface area contributed by atoms with Crippen molar-refractivity contribution in [3.63, 3.8) is 0 Å². The fourth-order valence-electron chi connectivity index (χ4n) is 2.43. The Morgan fingerprint density at radius 3 is 2.41 bits per heavy atom. The molecule has 3 aromatic rings. The third-order valence-electron chi connectivity index (χ3n) is 3.54. The molecule has 0 aliphatic carbocycles. The van der Waals surface area contributed by atoms with Gasteiger partial charge in [-0.05, 0) is 17.0 Å². The summed E-state index contributed by atoms with van der Waals surface area (Å²) < 4.78 is 0. The van der Waals surface area contributed by atoms with Gasteiger partial charge in [-0.2, -0.15) is 0 Å². The molecule has 1 amide bonds. The molecular formula is C19H15NO2. The second-order valence-electron chi connectivity index (χ2n) is 5.11. The van der Waals surface area contributed by atoms with Crippen molar-refractivity contribution < 1.29 is 9.59 Å². The summed E-state index contributed by atoms with van der Waals surface area (Å²) in [4.78, 5) is 22.8. The van der Waals surface area contributed by atoms with Crippen molar-refractivity contribution >= 4 is 28.7 Å². The monoisotopic (exact) mass is 289 g/mol. The molecule has 3 rings (SSSR count). The quantitative estimate of drug-likeness (QED) is 0.742. The zero-order valence-electron chi connectivity index (χ0n) is 12.0. The minimum atomic E-state index is -0.0739. The number of hydrogen-bond donors (Lipinski definition) is 1. The number of fused-ring (bicyclic) bond motifs is 1. The van der Waals surface area contributed by atoms with Gasteiger partial charge in [-0.15, -0.1) is 0 Å². The number of anilines is 1. The van der Waals surface area contributed by atoms with Crippen LogP contribution < -0.4 is 5.32 Å². The summed E-state index contributed by atoms with van der Waals surface area (Å²) in [6.45, 7) is 0. The fraction of sp³-hybridized carbons (Fsp3) is 0.0526. The zero-order valence-corrected chi connectivity index (χ0v) is 12.0. The van der Waals surface area contributed by atoms with Gasteiger partial charge in [0.1, 0.15) is 6.29 Å². The van der Waals surface area contributed by atoms with E-state index in [-0.39, 0.29) is 12.3 Å². The van der Waals surface area contributed by atoms with Crippen molar-refractivity contribution in [3.8, 4) is 0 Å². The van der Waals surface area contributed by atoms with Crippen LogP contribution in [0.2, 0.25) is 0 Å². The first-order valence-electron chi connectivity index (χ1n) is 7.08. The van der Waals surface area contributed by atoms with Gasteiger partial charge < -0.3 is 5.32 Å². The van der Waals surface area contributed by atoms with Gasteiger partial charge in [0.15, 0.2) is 0 Å². The maximum Gasteiger partial charge on any atom is 0.228 e. The molecule has 0 fully saturated rings. The normalized spacial score (nSPS) is 10.4. The molecule has 108 valence electrons. The van der Waals surface area contributed by atoms with Crippen LogP contribution in [0.15, 0.2) is 66.7 Å². The lowest BCUT2D eigenvalue weighted by Gasteiger charge is -2.09. The number of aldehydes is 1. The van der Waals surface area contributed by atoms with E-state index in [0.29, 0.717) is 5.56 Å². The number of benzene rings is 3. The average molecular weight is 289 g/mol. The lowest BCUT2D eigenvalue weighted by atomic mass is 10.1. The number of hydrogen-bond acceptors (Lipinski definition) is 2. The Labute approximate surface area is 128 Å². The largest absolute Gasteiger partial charge is 0.325 e. The van der Waals surface area contributed by atoms with E-state index < -0.39 is 0 Å². The van der Waals surface area contributed by atoms with Gasteiger partial charge in [-0.1, -0.05) is 60.7 Å². The molecule has 0 radical (unpaired) electrons. The maximum atomic E-state index is 12.2. The Morgan fingerprint density at radius 2 is 1.64 bits per heavy atom. The average Bonchev–Trinajstić information content (AvgIpc) is 2.56. The molecule has 0 bridgehead atoms. The molecule has 3 nitrogen and oxygen atoms in total. The first-order valence-corrected chi connectivity index (χ1v) is 7.08. The van der Waals surface area contributed by atoms with Crippen molar-refractivity contribution in [2.45, 2.75) is 6.42 Å². The predicted molar refractivity (Wildman–Crippen MR) is 88.1 cm³/mol. The van der Waals surface area contributed by atoms with Crippen molar-refractivity contribution in [2.75, 3.05) is 5.32 Å². The van der Waals surface area contributed by atoms with Crippen LogP contribution in [0.4, 0.5) is 5.69 Å². The molecular weight excluding hydrogens is 274 g/mol. The standard InChI is InChI=1S/C19H15NO2/c21-13-15-10-8-14(9-11-15)12-19(22)20-18-7-3-5-16-4-1-2-6-17(16)18/h1-11,13H,12H2,(H,20,22). The Balaban J connectivity index is 1.76. The number of rotatable bonds is 4. The Hall–Kier alpha value is -2.94. The van der Waals surface area contributed by atoms with Crippen molar-refractivity contribution in [1.82, 2.24) is 0 Å². The third kappa shape index (κ3) is 3.04. The Morgan fingerprint density at radius 1 is 0.909 bits per heavy atom. The van der Waals surface area contributed by atoms with Gasteiger partial charge in [0, 0.05) is 16.6 Å². The summed E-state index contributed by atoms with van der Waals surface area (Å²) in [6, 6.07) is 20.8. The fourth-order valence-corrected chi connectivity index (χ4v) is 2.43. The SMILES string of the molecule is O=Cc1ccc(CC(=O)Nc2cccc3ccccc23)cc1. The maximum absolute atomic E-state index is 12.2. The van der Waals surface area contributed by atoms with Crippen LogP contribution in [-0.2, 0) is 11.2 Å². The minimum Gasteiger partial charge on any atom is -0.325 e. The Bertz CT molecular complexity index is 817. The summed E-state index contributed by atoms with van der Waals surface area (Å²) in [6.07, 6.45) is 1.07. The Kier molecular flexibility index (Phi) is 3.97. The molecule has 0 aliphatic rings. The molecule has 0 spiro atoms. The van der Waals surface area contributed by atoms with E-state index in [1.807, 2.05) is 42.5 Å². The van der Waals surface area contributed by atoms with E-state index in [4.69, 9.17) is 0 Å². The van der Waals surface area contributed by atoms with Crippen LogP contribution in [0, 0.1) is 0 Å². The van der Waals surface area contributed by atoms with Gasteiger partial charge in [0.05, 0.1) is 6.42 Å². The second kappa shape index (κ2) is 6.22. The summed E-state index contributed by atoms with van der Waals surface area (Å²) in [5, 5.41) is 5.07. The van der Waals surface area contributed by atoms with Crippen LogP contribution >= 0.6 is 0 Å². The summed E-state index contributed by atoms with van der Waals surface area (Å²) in [5.41, 5.74) is 2.30. The van der Waals surface area contributed by atoms with Crippen LogP contribution in [-0.4, -0.2) is 12.2 Å². The van der Waals surface area contributed by atoms with Crippen molar-refractivity contribution in [1.29, 1.82) is 0 Å². The lowest BCUT2D eigenvalue weighted by molar-refractivity contribution is -0.115. The van der Waals surface area contributed by atoms with Gasteiger partial charge >= 0.3 is 0 Å². The molecule has 0 heterocycles. The second-order valence-corrected chi connectivity index (χ2v) is 5.11. The highest BCUT2D eigenvalue weighted by Crippen LogP contribution is 2.23. The highest BCUT2D eigenvalue weighted by Gasteiger charge is 2.06. The third-order valence-corrected chi connectivity index (χ3v) is 3.54. The van der Waals surface area contributed by atoms with Gasteiger partial charge in [-0.25, -0.2) is 0 Å². The van der Waals surface area contributed by atoms with Crippen LogP contribution in [0.25, 0.3) is 10.8 Å². The smallest absolute Gasteiger partial charge is 0.228 e. The highest BCUT2D eigenvalue weighted by atomic mass is 16.1. The number of nitrogens with one attached hydrogen (secondary N) is 1. The molecule has 1 N–H and O–H groups in total. The van der Waals surface area contributed by atoms with Gasteiger partial charge in [0.25, 0.3) is 0 Å². The first kappa shape index (κ1) is 14.0. The molecule has 0 aromatic heterocycles. The zero-order chi connectivity index (χ0) is 15.4. The highest BCUT2D eigenvalue weighted by molar-refractivity contribution is 6.02. The van der Waals surface area contributed by atoms with E-state index >= 15 is 0 Å². The summed E-state index contributed by atoms with van der Waals surface area (Å²) in [7, 11) is 0. The molecule has 22 heavy (non-hydrogen) atoms. The van der Waals surface area contributed by atoms with Crippen LogP contribution in [0.1, 0.15) is 15.9 Å². The molecule has 3 aromatic carbocycles. The van der Waals surface area contributed by atoms with E-state index in [1.54, 1.807) is 24.3 Å². The molecule has 0 saturated heterocycles.